The molecule has 150 valence electrons. The summed E-state index contributed by atoms with van der Waals surface area (Å²) in [7, 11) is -3.78. The van der Waals surface area contributed by atoms with Gasteiger partial charge in [0.1, 0.15) is 0 Å². The summed E-state index contributed by atoms with van der Waals surface area (Å²) in [5.74, 6) is -1.06. The van der Waals surface area contributed by atoms with Crippen molar-refractivity contribution in [2.24, 2.45) is 0 Å². The second kappa shape index (κ2) is 8.65. The first-order chi connectivity index (χ1) is 13.4. The van der Waals surface area contributed by atoms with Crippen LogP contribution in [-0.4, -0.2) is 32.6 Å². The molecule has 0 bridgehead atoms. The van der Waals surface area contributed by atoms with Crippen molar-refractivity contribution in [3.8, 4) is 0 Å². The monoisotopic (exact) mass is 402 g/mol. The Hall–Kier alpha value is -2.54. The zero-order chi connectivity index (χ0) is 20.1. The van der Waals surface area contributed by atoms with Crippen molar-refractivity contribution in [2.45, 2.75) is 43.9 Å². The maximum Gasteiger partial charge on any atom is 0.337 e. The molecule has 1 saturated heterocycles. The lowest BCUT2D eigenvalue weighted by Crippen LogP contribution is -2.28. The number of carboxylic acid groups (broad SMARTS) is 1. The second-order valence-electron chi connectivity index (χ2n) is 7.21. The van der Waals surface area contributed by atoms with Crippen LogP contribution in [0, 0.1) is 6.92 Å². The summed E-state index contributed by atoms with van der Waals surface area (Å²) in [6.45, 7) is 3.45. The first kappa shape index (κ1) is 20.2. The number of carbonyl (C=O) groups is 1. The Morgan fingerprint density at radius 1 is 1.00 bits per heavy atom. The molecule has 0 amide bonds. The number of benzene rings is 2. The van der Waals surface area contributed by atoms with Crippen molar-refractivity contribution in [1.82, 2.24) is 0 Å². The normalized spacial score (nSPS) is 15.5. The molecule has 6 nitrogen and oxygen atoms in total. The average molecular weight is 403 g/mol. The van der Waals surface area contributed by atoms with Gasteiger partial charge < -0.3 is 10.0 Å². The van der Waals surface area contributed by atoms with Crippen LogP contribution >= 0.6 is 0 Å². The van der Waals surface area contributed by atoms with Crippen LogP contribution in [0.4, 0.5) is 11.4 Å². The van der Waals surface area contributed by atoms with Gasteiger partial charge in [0.15, 0.2) is 0 Å². The lowest BCUT2D eigenvalue weighted by molar-refractivity contribution is 0.0697. The molecular weight excluding hydrogens is 376 g/mol. The van der Waals surface area contributed by atoms with Crippen molar-refractivity contribution in [2.75, 3.05) is 22.7 Å². The zero-order valence-corrected chi connectivity index (χ0v) is 16.8. The third-order valence-corrected chi connectivity index (χ3v) is 6.35. The minimum atomic E-state index is -3.78. The minimum absolute atomic E-state index is 0.116. The van der Waals surface area contributed by atoms with Crippen LogP contribution in [-0.2, 0) is 10.0 Å². The Kier molecular flexibility index (Phi) is 6.24. The summed E-state index contributed by atoms with van der Waals surface area (Å²) >= 11 is 0. The number of anilines is 2. The van der Waals surface area contributed by atoms with Gasteiger partial charge in [-0.3, -0.25) is 4.72 Å². The molecule has 0 saturated carbocycles. The van der Waals surface area contributed by atoms with Crippen LogP contribution in [0.1, 0.15) is 48.0 Å². The number of nitrogens with zero attached hydrogens (tertiary/aromatic N) is 1. The molecule has 2 aromatic rings. The van der Waals surface area contributed by atoms with Gasteiger partial charge in [0, 0.05) is 18.8 Å². The van der Waals surface area contributed by atoms with Crippen molar-refractivity contribution in [1.29, 1.82) is 0 Å². The summed E-state index contributed by atoms with van der Waals surface area (Å²) in [5, 5.41) is 9.69. The van der Waals surface area contributed by atoms with E-state index >= 15 is 0 Å². The lowest BCUT2D eigenvalue weighted by atomic mass is 10.1. The number of carboxylic acids is 1. The zero-order valence-electron chi connectivity index (χ0n) is 16.0. The first-order valence-corrected chi connectivity index (χ1v) is 11.1. The molecule has 1 fully saturated rings. The van der Waals surface area contributed by atoms with E-state index in [0.29, 0.717) is 5.69 Å². The van der Waals surface area contributed by atoms with Gasteiger partial charge in [-0.25, -0.2) is 13.2 Å². The van der Waals surface area contributed by atoms with E-state index in [1.54, 1.807) is 24.3 Å². The first-order valence-electron chi connectivity index (χ1n) is 9.58. The number of aryl methyl sites for hydroxylation is 1. The van der Waals surface area contributed by atoms with Crippen molar-refractivity contribution in [3.63, 3.8) is 0 Å². The van der Waals surface area contributed by atoms with E-state index in [-0.39, 0.29) is 16.1 Å². The SMILES string of the molecule is Cc1cccc(S(=O)(=O)Nc2ccc(N3CCCCCCC3)c(C(=O)O)c2)c1. The van der Waals surface area contributed by atoms with Crippen LogP contribution in [0.15, 0.2) is 47.4 Å². The number of hydrogen-bond acceptors (Lipinski definition) is 4. The molecule has 1 aliphatic rings. The Morgan fingerprint density at radius 2 is 1.68 bits per heavy atom. The number of nitrogens with one attached hydrogen (secondary N) is 1. The van der Waals surface area contributed by atoms with Crippen LogP contribution in [0.3, 0.4) is 0 Å². The van der Waals surface area contributed by atoms with E-state index in [1.165, 1.54) is 18.6 Å². The molecule has 7 heteroatoms. The second-order valence-corrected chi connectivity index (χ2v) is 8.90. The van der Waals surface area contributed by atoms with Gasteiger partial charge in [0.25, 0.3) is 10.0 Å². The van der Waals surface area contributed by atoms with E-state index in [9.17, 15) is 18.3 Å². The van der Waals surface area contributed by atoms with Crippen LogP contribution in [0.2, 0.25) is 0 Å². The van der Waals surface area contributed by atoms with E-state index in [0.717, 1.165) is 44.3 Å². The van der Waals surface area contributed by atoms with Gasteiger partial charge in [0.2, 0.25) is 0 Å². The van der Waals surface area contributed by atoms with Crippen LogP contribution in [0.25, 0.3) is 0 Å². The Labute approximate surface area is 166 Å². The summed E-state index contributed by atoms with van der Waals surface area (Å²) in [5.41, 5.74) is 1.84. The van der Waals surface area contributed by atoms with Crippen molar-refractivity contribution >= 4 is 27.4 Å². The lowest BCUT2D eigenvalue weighted by Gasteiger charge is -2.28. The molecule has 1 aliphatic heterocycles. The standard InChI is InChI=1S/C21H26N2O4S/c1-16-8-7-9-18(14-16)28(26,27)22-17-10-11-20(19(15-17)21(24)25)23-12-5-3-2-4-6-13-23/h7-11,14-15,22H,2-6,12-13H2,1H3,(H,24,25). The third kappa shape index (κ3) is 4.84. The van der Waals surface area contributed by atoms with E-state index in [4.69, 9.17) is 0 Å². The van der Waals surface area contributed by atoms with Gasteiger partial charge in [0.05, 0.1) is 16.1 Å². The quantitative estimate of drug-likeness (QED) is 0.780. The smallest absolute Gasteiger partial charge is 0.337 e. The molecule has 2 N–H and O–H groups in total. The molecule has 2 aromatic carbocycles. The molecular formula is C21H26N2O4S. The highest BCUT2D eigenvalue weighted by atomic mass is 32.2. The molecule has 0 radical (unpaired) electrons. The van der Waals surface area contributed by atoms with Crippen molar-refractivity contribution in [3.05, 3.63) is 53.6 Å². The van der Waals surface area contributed by atoms with Gasteiger partial charge in [-0.2, -0.15) is 0 Å². The van der Waals surface area contributed by atoms with E-state index < -0.39 is 16.0 Å². The average Bonchev–Trinajstić information content (AvgIpc) is 2.61. The fourth-order valence-corrected chi connectivity index (χ4v) is 4.69. The molecule has 0 aromatic heterocycles. The van der Waals surface area contributed by atoms with Gasteiger partial charge in [-0.05, 0) is 55.7 Å². The maximum absolute atomic E-state index is 12.6. The van der Waals surface area contributed by atoms with Crippen LogP contribution < -0.4 is 9.62 Å². The predicted molar refractivity (Wildman–Crippen MR) is 111 cm³/mol. The molecule has 0 spiro atoms. The molecule has 0 unspecified atom stereocenters. The van der Waals surface area contributed by atoms with E-state index in [2.05, 4.69) is 9.62 Å². The Morgan fingerprint density at radius 3 is 2.32 bits per heavy atom. The number of rotatable bonds is 5. The minimum Gasteiger partial charge on any atom is -0.478 e. The molecule has 28 heavy (non-hydrogen) atoms. The van der Waals surface area contributed by atoms with Gasteiger partial charge in [-0.1, -0.05) is 31.4 Å². The molecule has 1 heterocycles. The fraction of sp³-hybridized carbons (Fsp3) is 0.381. The van der Waals surface area contributed by atoms with Crippen molar-refractivity contribution < 1.29 is 18.3 Å². The highest BCUT2D eigenvalue weighted by Gasteiger charge is 2.20. The maximum atomic E-state index is 12.6. The summed E-state index contributed by atoms with van der Waals surface area (Å²) in [4.78, 5) is 14.1. The number of hydrogen-bond donors (Lipinski definition) is 2. The fourth-order valence-electron chi connectivity index (χ4n) is 3.53. The third-order valence-electron chi connectivity index (χ3n) is 4.98. The largest absolute Gasteiger partial charge is 0.478 e. The number of aromatic carboxylic acids is 1. The number of sulfonamides is 1. The highest BCUT2D eigenvalue weighted by molar-refractivity contribution is 7.92. The Balaban J connectivity index is 1.89. The van der Waals surface area contributed by atoms with Gasteiger partial charge in [-0.15, -0.1) is 0 Å². The summed E-state index contributed by atoms with van der Waals surface area (Å²) in [6.07, 6.45) is 5.57. The summed E-state index contributed by atoms with van der Waals surface area (Å²) in [6, 6.07) is 11.3. The molecule has 3 rings (SSSR count). The van der Waals surface area contributed by atoms with E-state index in [1.807, 2.05) is 13.0 Å². The van der Waals surface area contributed by atoms with Crippen LogP contribution in [0.5, 0.6) is 0 Å². The Bertz CT molecular complexity index is 949. The summed E-state index contributed by atoms with van der Waals surface area (Å²) < 4.78 is 27.8. The highest BCUT2D eigenvalue weighted by Crippen LogP contribution is 2.28. The molecule has 0 aliphatic carbocycles. The van der Waals surface area contributed by atoms with Gasteiger partial charge >= 0.3 is 5.97 Å². The molecule has 0 atom stereocenters. The predicted octanol–water partition coefficient (Wildman–Crippen LogP) is 4.26. The topological polar surface area (TPSA) is 86.7 Å².